The number of hydrogen-bond donors (Lipinski definition) is 0. The fraction of sp³-hybridized carbons (Fsp3) is 0.0400. The molecule has 34 heavy (non-hydrogen) atoms. The quantitative estimate of drug-likeness (QED) is 0.231. The van der Waals surface area contributed by atoms with Crippen LogP contribution in [0.4, 0.5) is 8.78 Å². The average Bonchev–Trinajstić information content (AvgIpc) is 2.80. The van der Waals surface area contributed by atoms with E-state index in [1.807, 2.05) is 0 Å². The normalized spacial score (nSPS) is 10.9. The van der Waals surface area contributed by atoms with Crippen LogP contribution in [0.25, 0.3) is 22.4 Å². The second-order valence-corrected chi connectivity index (χ2v) is 8.80. The van der Waals surface area contributed by atoms with Crippen molar-refractivity contribution in [2.24, 2.45) is 0 Å². The number of carbonyl (C=O) groups is 1. The first kappa shape index (κ1) is 24.4. The highest BCUT2D eigenvalue weighted by molar-refractivity contribution is 6.68. The molecular formula is C25H13Cl4F2NO2. The van der Waals surface area contributed by atoms with Gasteiger partial charge in [0.05, 0.1) is 16.3 Å². The van der Waals surface area contributed by atoms with Gasteiger partial charge in [-0.25, -0.2) is 13.8 Å². The molecular weight excluding hydrogens is 526 g/mol. The molecule has 0 saturated carbocycles. The molecule has 0 radical (unpaired) electrons. The fourth-order valence-electron chi connectivity index (χ4n) is 3.26. The van der Waals surface area contributed by atoms with Crippen molar-refractivity contribution in [2.75, 3.05) is 0 Å². The fourth-order valence-corrected chi connectivity index (χ4v) is 4.02. The van der Waals surface area contributed by atoms with Crippen molar-refractivity contribution >= 4 is 51.6 Å². The summed E-state index contributed by atoms with van der Waals surface area (Å²) in [5.74, 6) is -2.09. The lowest BCUT2D eigenvalue weighted by Crippen LogP contribution is -2.06. The van der Waals surface area contributed by atoms with Crippen LogP contribution in [0.15, 0.2) is 66.7 Å². The number of aromatic nitrogens is 1. The molecule has 0 unspecified atom stereocenters. The third-order valence-corrected chi connectivity index (χ3v) is 5.90. The molecule has 172 valence electrons. The summed E-state index contributed by atoms with van der Waals surface area (Å²) in [6.45, 7) is -0.185. The smallest absolute Gasteiger partial charge is 0.257 e. The van der Waals surface area contributed by atoms with E-state index in [-0.39, 0.29) is 18.1 Å². The Morgan fingerprint density at radius 2 is 1.53 bits per heavy atom. The number of halogens is 6. The minimum atomic E-state index is -1.02. The molecule has 0 aliphatic rings. The van der Waals surface area contributed by atoms with Crippen molar-refractivity contribution in [1.29, 1.82) is 0 Å². The topological polar surface area (TPSA) is 39.2 Å². The van der Waals surface area contributed by atoms with Crippen molar-refractivity contribution in [1.82, 2.24) is 4.98 Å². The van der Waals surface area contributed by atoms with E-state index < -0.39 is 16.9 Å². The number of ether oxygens (including phenoxy) is 1. The second kappa shape index (κ2) is 10.3. The Morgan fingerprint density at radius 3 is 2.18 bits per heavy atom. The van der Waals surface area contributed by atoms with Gasteiger partial charge in [0.25, 0.3) is 5.24 Å². The van der Waals surface area contributed by atoms with E-state index in [1.54, 1.807) is 42.5 Å². The minimum absolute atomic E-state index is 0.0111. The summed E-state index contributed by atoms with van der Waals surface area (Å²) < 4.78 is 32.6. The Hall–Kier alpha value is -2.70. The van der Waals surface area contributed by atoms with Gasteiger partial charge in [0.15, 0.2) is 11.6 Å². The first-order chi connectivity index (χ1) is 16.2. The van der Waals surface area contributed by atoms with Crippen LogP contribution in [0.5, 0.6) is 5.88 Å². The molecule has 0 aliphatic heterocycles. The van der Waals surface area contributed by atoms with Crippen LogP contribution >= 0.6 is 46.4 Å². The highest BCUT2D eigenvalue weighted by Crippen LogP contribution is 2.39. The molecule has 1 heterocycles. The molecule has 0 spiro atoms. The Bertz CT molecular complexity index is 1390. The van der Waals surface area contributed by atoms with Crippen LogP contribution in [0.2, 0.25) is 15.1 Å². The average molecular weight is 539 g/mol. The minimum Gasteiger partial charge on any atom is -0.472 e. The van der Waals surface area contributed by atoms with E-state index in [4.69, 9.17) is 51.1 Å². The van der Waals surface area contributed by atoms with Crippen LogP contribution in [-0.2, 0) is 6.61 Å². The molecule has 0 fully saturated rings. The summed E-state index contributed by atoms with van der Waals surface area (Å²) in [5, 5.41) is 0.482. The Morgan fingerprint density at radius 1 is 0.824 bits per heavy atom. The molecule has 0 amide bonds. The molecule has 4 rings (SSSR count). The van der Waals surface area contributed by atoms with E-state index in [0.717, 1.165) is 12.1 Å². The number of nitrogens with zero attached hydrogens (tertiary/aromatic N) is 1. The lowest BCUT2D eigenvalue weighted by Gasteiger charge is -2.16. The number of rotatable bonds is 6. The zero-order valence-corrected chi connectivity index (χ0v) is 20.1. The summed E-state index contributed by atoms with van der Waals surface area (Å²) in [6, 6.07) is 16.7. The molecule has 4 aromatic rings. The first-order valence-electron chi connectivity index (χ1n) is 9.76. The van der Waals surface area contributed by atoms with Gasteiger partial charge < -0.3 is 4.74 Å². The molecule has 9 heteroatoms. The lowest BCUT2D eigenvalue weighted by atomic mass is 9.97. The Kier molecular flexibility index (Phi) is 7.39. The number of pyridine rings is 1. The van der Waals surface area contributed by atoms with Gasteiger partial charge >= 0.3 is 0 Å². The van der Waals surface area contributed by atoms with E-state index in [0.29, 0.717) is 43.0 Å². The summed E-state index contributed by atoms with van der Waals surface area (Å²) >= 11 is 24.4. The maximum atomic E-state index is 13.6. The monoisotopic (exact) mass is 537 g/mol. The lowest BCUT2D eigenvalue weighted by molar-refractivity contribution is 0.107. The maximum absolute atomic E-state index is 13.6. The molecule has 3 nitrogen and oxygen atoms in total. The number of benzene rings is 3. The standard InChI is InChI=1S/C25H13Cl4F2NO2/c26-15-4-2-14(3-5-15)18-11-19(24(29)33)25(34-12-13-1-8-21(30)22(31)9-13)32-23(18)17-7-6-16(27)10-20(17)28/h1-11H,12H2. The van der Waals surface area contributed by atoms with Gasteiger partial charge in [-0.15, -0.1) is 0 Å². The van der Waals surface area contributed by atoms with E-state index in [2.05, 4.69) is 4.98 Å². The van der Waals surface area contributed by atoms with Crippen molar-refractivity contribution in [3.05, 3.63) is 105 Å². The molecule has 0 bridgehead atoms. The van der Waals surface area contributed by atoms with Gasteiger partial charge in [-0.3, -0.25) is 4.79 Å². The van der Waals surface area contributed by atoms with E-state index >= 15 is 0 Å². The first-order valence-corrected chi connectivity index (χ1v) is 11.3. The maximum Gasteiger partial charge on any atom is 0.257 e. The molecule has 0 N–H and O–H groups in total. The van der Waals surface area contributed by atoms with Crippen LogP contribution in [-0.4, -0.2) is 10.2 Å². The van der Waals surface area contributed by atoms with Gasteiger partial charge in [0.2, 0.25) is 5.88 Å². The third-order valence-electron chi connectivity index (χ3n) is 4.90. The molecule has 1 aromatic heterocycles. The van der Waals surface area contributed by atoms with Crippen LogP contribution in [0.1, 0.15) is 15.9 Å². The van der Waals surface area contributed by atoms with E-state index in [9.17, 15) is 13.6 Å². The SMILES string of the molecule is O=C(Cl)c1cc(-c2ccc(Cl)cc2)c(-c2ccc(Cl)cc2Cl)nc1OCc1ccc(F)c(F)c1. The van der Waals surface area contributed by atoms with Gasteiger partial charge in [-0.2, -0.15) is 0 Å². The molecule has 0 aliphatic carbocycles. The summed E-state index contributed by atoms with van der Waals surface area (Å²) in [4.78, 5) is 16.8. The number of carbonyl (C=O) groups excluding carboxylic acids is 1. The number of hydrogen-bond acceptors (Lipinski definition) is 3. The van der Waals surface area contributed by atoms with Crippen molar-refractivity contribution in [3.63, 3.8) is 0 Å². The predicted molar refractivity (Wildman–Crippen MR) is 131 cm³/mol. The van der Waals surface area contributed by atoms with Gasteiger partial charge in [-0.05, 0) is 71.3 Å². The molecule has 3 aromatic carbocycles. The predicted octanol–water partition coefficient (Wildman–Crippen LogP) is 8.61. The van der Waals surface area contributed by atoms with Crippen molar-refractivity contribution in [3.8, 4) is 28.3 Å². The van der Waals surface area contributed by atoms with Crippen LogP contribution in [0.3, 0.4) is 0 Å². The summed E-state index contributed by atoms with van der Waals surface area (Å²) in [6.07, 6.45) is 0. The largest absolute Gasteiger partial charge is 0.472 e. The van der Waals surface area contributed by atoms with Crippen molar-refractivity contribution < 1.29 is 18.3 Å². The van der Waals surface area contributed by atoms with Gasteiger partial charge in [0, 0.05) is 21.2 Å². The van der Waals surface area contributed by atoms with E-state index in [1.165, 1.54) is 12.1 Å². The van der Waals surface area contributed by atoms with Gasteiger partial charge in [-0.1, -0.05) is 53.0 Å². The Balaban J connectivity index is 1.86. The van der Waals surface area contributed by atoms with Crippen LogP contribution in [0, 0.1) is 11.6 Å². The van der Waals surface area contributed by atoms with Gasteiger partial charge in [0.1, 0.15) is 6.61 Å². The Labute approximate surface area is 213 Å². The molecule has 0 saturated heterocycles. The van der Waals surface area contributed by atoms with Crippen LogP contribution < -0.4 is 4.74 Å². The highest BCUT2D eigenvalue weighted by Gasteiger charge is 2.21. The summed E-state index contributed by atoms with van der Waals surface area (Å²) in [7, 11) is 0. The zero-order chi connectivity index (χ0) is 24.4. The highest BCUT2D eigenvalue weighted by atomic mass is 35.5. The van der Waals surface area contributed by atoms with Crippen molar-refractivity contribution in [2.45, 2.75) is 6.61 Å². The second-order valence-electron chi connectivity index (χ2n) is 7.18. The zero-order valence-electron chi connectivity index (χ0n) is 17.1. The third kappa shape index (κ3) is 5.34. The summed E-state index contributed by atoms with van der Waals surface area (Å²) in [5.41, 5.74) is 2.49. The molecule has 0 atom stereocenters.